The number of carbonyl (C=O) groups excluding carboxylic acids is 2. The number of hydrogen-bond acceptors (Lipinski definition) is 4. The van der Waals surface area contributed by atoms with Crippen LogP contribution in [0.4, 0.5) is 0 Å². The molecular formula is C20H32O4. The van der Waals surface area contributed by atoms with E-state index in [1.54, 1.807) is 12.2 Å². The minimum Gasteiger partial charge on any atom is -0.469 e. The summed E-state index contributed by atoms with van der Waals surface area (Å²) in [5.41, 5.74) is -0.546. The summed E-state index contributed by atoms with van der Waals surface area (Å²) in [6, 6.07) is 0. The molecule has 0 aromatic heterocycles. The highest BCUT2D eigenvalue weighted by Crippen LogP contribution is 2.38. The van der Waals surface area contributed by atoms with Crippen molar-refractivity contribution in [3.63, 3.8) is 0 Å². The van der Waals surface area contributed by atoms with Gasteiger partial charge >= 0.3 is 5.97 Å². The summed E-state index contributed by atoms with van der Waals surface area (Å²) < 4.78 is 4.70. The first-order valence-corrected chi connectivity index (χ1v) is 9.08. The first-order chi connectivity index (χ1) is 11.4. The van der Waals surface area contributed by atoms with Crippen molar-refractivity contribution in [2.75, 3.05) is 7.11 Å². The Morgan fingerprint density at radius 3 is 2.75 bits per heavy atom. The van der Waals surface area contributed by atoms with Gasteiger partial charge in [0, 0.05) is 6.42 Å². The zero-order chi connectivity index (χ0) is 18.0. The normalized spacial score (nSPS) is 22.9. The van der Waals surface area contributed by atoms with Crippen LogP contribution < -0.4 is 0 Å². The Bertz CT molecular complexity index is 466. The molecular weight excluding hydrogens is 304 g/mol. The third-order valence-corrected chi connectivity index (χ3v) is 4.81. The van der Waals surface area contributed by atoms with Crippen molar-refractivity contribution < 1.29 is 19.4 Å². The third-order valence-electron chi connectivity index (χ3n) is 4.81. The van der Waals surface area contributed by atoms with Crippen LogP contribution in [0.15, 0.2) is 24.3 Å². The molecule has 0 saturated carbocycles. The molecule has 136 valence electrons. The Morgan fingerprint density at radius 1 is 1.42 bits per heavy atom. The van der Waals surface area contributed by atoms with Gasteiger partial charge in [0.25, 0.3) is 0 Å². The molecule has 0 amide bonds. The molecule has 1 aliphatic rings. The van der Waals surface area contributed by atoms with Gasteiger partial charge in [-0.3, -0.25) is 9.59 Å². The van der Waals surface area contributed by atoms with Gasteiger partial charge in [-0.05, 0) is 37.7 Å². The molecule has 0 aliphatic heterocycles. The summed E-state index contributed by atoms with van der Waals surface area (Å²) in [6.45, 7) is 4.14. The fourth-order valence-electron chi connectivity index (χ4n) is 3.07. The second-order valence-corrected chi connectivity index (χ2v) is 6.97. The average molecular weight is 336 g/mol. The van der Waals surface area contributed by atoms with Crippen molar-refractivity contribution in [1.29, 1.82) is 0 Å². The SMILES string of the molecule is CCCCCC(O)C=CC1(CCC(C)CC(=O)OC)CC=CC1=O. The molecule has 0 saturated heterocycles. The summed E-state index contributed by atoms with van der Waals surface area (Å²) in [7, 11) is 1.39. The van der Waals surface area contributed by atoms with Crippen molar-refractivity contribution in [3.8, 4) is 0 Å². The molecule has 1 rings (SSSR count). The zero-order valence-electron chi connectivity index (χ0n) is 15.3. The van der Waals surface area contributed by atoms with Crippen molar-refractivity contribution >= 4 is 11.8 Å². The number of rotatable bonds is 11. The van der Waals surface area contributed by atoms with E-state index in [1.807, 2.05) is 19.1 Å². The molecule has 1 N–H and O–H groups in total. The Labute approximate surface area is 146 Å². The monoisotopic (exact) mass is 336 g/mol. The Morgan fingerprint density at radius 2 is 2.17 bits per heavy atom. The van der Waals surface area contributed by atoms with Crippen LogP contribution in [0.1, 0.15) is 65.2 Å². The molecule has 0 aromatic rings. The highest BCUT2D eigenvalue weighted by atomic mass is 16.5. The van der Waals surface area contributed by atoms with E-state index in [0.717, 1.165) is 32.1 Å². The second-order valence-electron chi connectivity index (χ2n) is 6.97. The van der Waals surface area contributed by atoms with Crippen molar-refractivity contribution in [1.82, 2.24) is 0 Å². The number of hydrogen-bond donors (Lipinski definition) is 1. The molecule has 3 unspecified atom stereocenters. The maximum absolute atomic E-state index is 12.3. The molecule has 1 aliphatic carbocycles. The number of aliphatic hydroxyl groups excluding tert-OH is 1. The van der Waals surface area contributed by atoms with Crippen molar-refractivity contribution in [3.05, 3.63) is 24.3 Å². The van der Waals surface area contributed by atoms with E-state index < -0.39 is 11.5 Å². The van der Waals surface area contributed by atoms with Crippen LogP contribution in [0.5, 0.6) is 0 Å². The number of carbonyl (C=O) groups is 2. The number of allylic oxidation sites excluding steroid dienone is 3. The van der Waals surface area contributed by atoms with E-state index in [-0.39, 0.29) is 17.7 Å². The first-order valence-electron chi connectivity index (χ1n) is 9.08. The van der Waals surface area contributed by atoms with Crippen LogP contribution >= 0.6 is 0 Å². The molecule has 0 radical (unpaired) electrons. The summed E-state index contributed by atoms with van der Waals surface area (Å²) in [5, 5.41) is 10.1. The number of esters is 1. The van der Waals surface area contributed by atoms with Gasteiger partial charge in [0.05, 0.1) is 18.6 Å². The van der Waals surface area contributed by atoms with Gasteiger partial charge in [-0.25, -0.2) is 0 Å². The molecule has 4 nitrogen and oxygen atoms in total. The topological polar surface area (TPSA) is 63.6 Å². The smallest absolute Gasteiger partial charge is 0.305 e. The summed E-state index contributed by atoms with van der Waals surface area (Å²) in [4.78, 5) is 23.7. The summed E-state index contributed by atoms with van der Waals surface area (Å²) in [6.07, 6.45) is 13.2. The average Bonchev–Trinajstić information content (AvgIpc) is 2.92. The van der Waals surface area contributed by atoms with Crippen LogP contribution in [0, 0.1) is 11.3 Å². The van der Waals surface area contributed by atoms with Crippen LogP contribution in [0.3, 0.4) is 0 Å². The van der Waals surface area contributed by atoms with Crippen molar-refractivity contribution in [2.45, 2.75) is 71.3 Å². The maximum atomic E-state index is 12.3. The van der Waals surface area contributed by atoms with E-state index in [0.29, 0.717) is 19.3 Å². The van der Waals surface area contributed by atoms with Crippen LogP contribution in [-0.4, -0.2) is 30.1 Å². The Hall–Kier alpha value is -1.42. The highest BCUT2D eigenvalue weighted by molar-refractivity contribution is 5.98. The summed E-state index contributed by atoms with van der Waals surface area (Å²) in [5.74, 6) is 0.0599. The van der Waals surface area contributed by atoms with E-state index in [1.165, 1.54) is 7.11 Å². The standard InChI is InChI=1S/C20H32O4/c1-4-5-6-8-17(21)11-14-20(12-7-9-18(20)22)13-10-16(2)15-19(23)24-3/h7,9,11,14,16-17,21H,4-6,8,10,12-13,15H2,1-3H3. The molecule has 0 aromatic carbocycles. The second kappa shape index (κ2) is 10.4. The van der Waals surface area contributed by atoms with Gasteiger partial charge in [-0.15, -0.1) is 0 Å². The van der Waals surface area contributed by atoms with Gasteiger partial charge in [0.2, 0.25) is 0 Å². The first kappa shape index (κ1) is 20.6. The number of ketones is 1. The molecule has 0 fully saturated rings. The molecule has 4 heteroatoms. The Balaban J connectivity index is 2.60. The quantitative estimate of drug-likeness (QED) is 0.352. The van der Waals surface area contributed by atoms with Gasteiger partial charge in [0.15, 0.2) is 5.78 Å². The van der Waals surface area contributed by atoms with Gasteiger partial charge in [-0.1, -0.05) is 51.3 Å². The van der Waals surface area contributed by atoms with Gasteiger partial charge < -0.3 is 9.84 Å². The van der Waals surface area contributed by atoms with Gasteiger partial charge in [0.1, 0.15) is 0 Å². The van der Waals surface area contributed by atoms with E-state index in [2.05, 4.69) is 6.92 Å². The number of ether oxygens (including phenoxy) is 1. The lowest BCUT2D eigenvalue weighted by molar-refractivity contribution is -0.141. The number of aliphatic hydroxyl groups is 1. The van der Waals surface area contributed by atoms with Crippen LogP contribution in [-0.2, 0) is 14.3 Å². The molecule has 0 heterocycles. The minimum absolute atomic E-state index is 0.102. The van der Waals surface area contributed by atoms with Crippen LogP contribution in [0.2, 0.25) is 0 Å². The molecule has 3 atom stereocenters. The Kier molecular flexibility index (Phi) is 8.98. The fourth-order valence-corrected chi connectivity index (χ4v) is 3.07. The number of methoxy groups -OCH3 is 1. The number of unbranched alkanes of at least 4 members (excludes halogenated alkanes) is 2. The van der Waals surface area contributed by atoms with E-state index in [9.17, 15) is 14.7 Å². The summed E-state index contributed by atoms with van der Waals surface area (Å²) >= 11 is 0. The van der Waals surface area contributed by atoms with E-state index in [4.69, 9.17) is 4.74 Å². The van der Waals surface area contributed by atoms with Crippen LogP contribution in [0.25, 0.3) is 0 Å². The van der Waals surface area contributed by atoms with E-state index >= 15 is 0 Å². The highest BCUT2D eigenvalue weighted by Gasteiger charge is 2.36. The predicted octanol–water partition coefficient (Wildman–Crippen LogP) is 3.98. The lowest BCUT2D eigenvalue weighted by atomic mass is 9.77. The lowest BCUT2D eigenvalue weighted by Gasteiger charge is -2.25. The maximum Gasteiger partial charge on any atom is 0.305 e. The van der Waals surface area contributed by atoms with Gasteiger partial charge in [-0.2, -0.15) is 0 Å². The largest absolute Gasteiger partial charge is 0.469 e. The fraction of sp³-hybridized carbons (Fsp3) is 0.700. The predicted molar refractivity (Wildman–Crippen MR) is 95.5 cm³/mol. The lowest BCUT2D eigenvalue weighted by Crippen LogP contribution is -2.25. The minimum atomic E-state index is -0.546. The third kappa shape index (κ3) is 6.60. The van der Waals surface area contributed by atoms with Crippen molar-refractivity contribution in [2.24, 2.45) is 11.3 Å². The molecule has 24 heavy (non-hydrogen) atoms. The zero-order valence-corrected chi connectivity index (χ0v) is 15.3. The molecule has 0 spiro atoms. The molecule has 0 bridgehead atoms.